The van der Waals surface area contributed by atoms with Gasteiger partial charge in [0.2, 0.25) is 0 Å². The fourth-order valence-corrected chi connectivity index (χ4v) is 9.79. The number of hydrogen-bond donors (Lipinski definition) is 2. The van der Waals surface area contributed by atoms with E-state index in [-0.39, 0.29) is 23.0 Å². The summed E-state index contributed by atoms with van der Waals surface area (Å²) >= 11 is 0. The van der Waals surface area contributed by atoms with Crippen LogP contribution in [0.3, 0.4) is 0 Å². The summed E-state index contributed by atoms with van der Waals surface area (Å²) in [5.74, 6) is -1.48. The van der Waals surface area contributed by atoms with Crippen LogP contribution in [0.1, 0.15) is 120 Å². The molecule has 7 rings (SSSR count). The minimum absolute atomic E-state index is 0.0110. The second-order valence-electron chi connectivity index (χ2n) is 15.1. The highest BCUT2D eigenvalue weighted by molar-refractivity contribution is 5.20. The maximum absolute atomic E-state index is 11.5. The van der Waals surface area contributed by atoms with Crippen LogP contribution in [0.15, 0.2) is 0 Å². The number of rotatable bonds is 3. The zero-order chi connectivity index (χ0) is 26.2. The molecule has 4 unspecified atom stereocenters. The van der Waals surface area contributed by atoms with E-state index in [2.05, 4.69) is 27.7 Å². The molecule has 0 radical (unpaired) electrons. The number of aliphatic hydroxyl groups is 2. The van der Waals surface area contributed by atoms with Crippen molar-refractivity contribution in [3.05, 3.63) is 0 Å². The zero-order valence-corrected chi connectivity index (χ0v) is 23.9. The standard InChI is InChI=1S/C30H50O6/c1-19-10-12-22-27(15-17-29(31,34-22)24(5,6)35-27)25(19,7)13-14-26(8)20(2)9-11-21-28(26)16-18-30(32,36-28)23(3,4)33-21/h19-22,31-32H,9-18H2,1-8H3/t19-,20-,21-,22-,25+,26-,27?,28?,29?,30?/m0/s1. The van der Waals surface area contributed by atoms with Crippen molar-refractivity contribution in [2.24, 2.45) is 22.7 Å². The van der Waals surface area contributed by atoms with Gasteiger partial charge in [0.25, 0.3) is 0 Å². The lowest BCUT2D eigenvalue weighted by molar-refractivity contribution is -0.468. The third kappa shape index (κ3) is 2.85. The van der Waals surface area contributed by atoms with Gasteiger partial charge in [-0.2, -0.15) is 0 Å². The predicted molar refractivity (Wildman–Crippen MR) is 136 cm³/mol. The molecule has 6 nitrogen and oxygen atoms in total. The molecule has 2 spiro atoms. The van der Waals surface area contributed by atoms with E-state index in [0.717, 1.165) is 51.4 Å². The van der Waals surface area contributed by atoms with Crippen molar-refractivity contribution in [1.82, 2.24) is 0 Å². The highest BCUT2D eigenvalue weighted by atomic mass is 16.7. The van der Waals surface area contributed by atoms with Crippen molar-refractivity contribution in [2.75, 3.05) is 0 Å². The van der Waals surface area contributed by atoms with Crippen LogP contribution < -0.4 is 0 Å². The highest BCUT2D eigenvalue weighted by Gasteiger charge is 2.74. The van der Waals surface area contributed by atoms with Crippen molar-refractivity contribution in [3.63, 3.8) is 0 Å². The molecule has 0 aromatic heterocycles. The second kappa shape index (κ2) is 7.28. The first-order valence-electron chi connectivity index (χ1n) is 14.7. The lowest BCUT2D eigenvalue weighted by Gasteiger charge is -2.70. The summed E-state index contributed by atoms with van der Waals surface area (Å²) in [5.41, 5.74) is -2.51. The Bertz CT molecular complexity index is 934. The molecule has 10 atom stereocenters. The Morgan fingerprint density at radius 1 is 0.583 bits per heavy atom. The number of hydrogen-bond acceptors (Lipinski definition) is 6. The average Bonchev–Trinajstić information content (AvgIpc) is 3.14. The van der Waals surface area contributed by atoms with Gasteiger partial charge < -0.3 is 29.2 Å². The monoisotopic (exact) mass is 506 g/mol. The molecule has 5 heterocycles. The molecule has 206 valence electrons. The van der Waals surface area contributed by atoms with Crippen LogP contribution in [0.4, 0.5) is 0 Å². The van der Waals surface area contributed by atoms with Crippen molar-refractivity contribution in [3.8, 4) is 0 Å². The molecule has 7 fully saturated rings. The van der Waals surface area contributed by atoms with Crippen LogP contribution in [-0.4, -0.2) is 56.4 Å². The molecular formula is C30H50O6. The summed E-state index contributed by atoms with van der Waals surface area (Å²) in [6.07, 6.45) is 8.99. The Morgan fingerprint density at radius 3 is 1.58 bits per heavy atom. The SMILES string of the molecule is C[C@H]1CC[C@@H]2OC(C)(C)C3(O)CCC2(O3)[C@@]1(C)CC[C@]1(C)[C@@H](C)CC[C@@H]2OC3(O)CCC21OC3(C)C. The lowest BCUT2D eigenvalue weighted by Crippen LogP contribution is -2.78. The van der Waals surface area contributed by atoms with Gasteiger partial charge in [0.05, 0.1) is 12.2 Å². The summed E-state index contributed by atoms with van der Waals surface area (Å²) in [7, 11) is 0. The minimum Gasteiger partial charge on any atom is -0.364 e. The van der Waals surface area contributed by atoms with Crippen LogP contribution in [0, 0.1) is 22.7 Å². The van der Waals surface area contributed by atoms with Gasteiger partial charge in [-0.25, -0.2) is 0 Å². The molecule has 0 aromatic rings. The summed E-state index contributed by atoms with van der Waals surface area (Å²) in [6, 6.07) is 0. The maximum Gasteiger partial charge on any atom is 0.195 e. The molecule has 36 heavy (non-hydrogen) atoms. The third-order valence-electron chi connectivity index (χ3n) is 13.2. The number of fused-ring (bicyclic) bond motifs is 3. The molecule has 2 N–H and O–H groups in total. The van der Waals surface area contributed by atoms with Crippen molar-refractivity contribution in [2.45, 2.75) is 166 Å². The van der Waals surface area contributed by atoms with Crippen LogP contribution in [0.5, 0.6) is 0 Å². The zero-order valence-electron chi connectivity index (χ0n) is 23.9. The number of ether oxygens (including phenoxy) is 4. The Hall–Kier alpha value is -0.240. The van der Waals surface area contributed by atoms with Gasteiger partial charge in [-0.3, -0.25) is 0 Å². The minimum atomic E-state index is -1.23. The third-order valence-corrected chi connectivity index (χ3v) is 13.2. The average molecular weight is 507 g/mol. The van der Waals surface area contributed by atoms with Gasteiger partial charge in [0.15, 0.2) is 11.6 Å². The van der Waals surface area contributed by atoms with E-state index in [4.69, 9.17) is 18.9 Å². The Morgan fingerprint density at radius 2 is 1.06 bits per heavy atom. The Labute approximate surface area is 217 Å². The fraction of sp³-hybridized carbons (Fsp3) is 1.00. The van der Waals surface area contributed by atoms with Crippen LogP contribution in [0.2, 0.25) is 0 Å². The van der Waals surface area contributed by atoms with E-state index in [1.54, 1.807) is 0 Å². The fourth-order valence-electron chi connectivity index (χ4n) is 9.79. The molecule has 7 aliphatic rings. The maximum atomic E-state index is 11.5. The van der Waals surface area contributed by atoms with Gasteiger partial charge in [-0.15, -0.1) is 0 Å². The highest BCUT2D eigenvalue weighted by Crippen LogP contribution is 2.68. The molecule has 5 saturated heterocycles. The molecule has 0 aromatic carbocycles. The van der Waals surface area contributed by atoms with Crippen LogP contribution in [0.25, 0.3) is 0 Å². The predicted octanol–water partition coefficient (Wildman–Crippen LogP) is 5.47. The first kappa shape index (κ1) is 26.0. The van der Waals surface area contributed by atoms with E-state index < -0.39 is 34.0 Å². The Kier molecular flexibility index (Phi) is 5.26. The Balaban J connectivity index is 1.35. The topological polar surface area (TPSA) is 77.4 Å². The molecule has 2 aliphatic carbocycles. The summed E-state index contributed by atoms with van der Waals surface area (Å²) in [5, 5.41) is 22.8. The van der Waals surface area contributed by atoms with Crippen molar-refractivity contribution < 1.29 is 29.2 Å². The van der Waals surface area contributed by atoms with E-state index >= 15 is 0 Å². The van der Waals surface area contributed by atoms with E-state index in [0.29, 0.717) is 24.7 Å². The summed E-state index contributed by atoms with van der Waals surface area (Å²) in [4.78, 5) is 0. The molecule has 6 heteroatoms. The van der Waals surface area contributed by atoms with Gasteiger partial charge >= 0.3 is 0 Å². The van der Waals surface area contributed by atoms with Gasteiger partial charge in [-0.1, -0.05) is 27.7 Å². The first-order valence-corrected chi connectivity index (χ1v) is 14.7. The molecule has 2 saturated carbocycles. The van der Waals surface area contributed by atoms with Crippen molar-refractivity contribution in [1.29, 1.82) is 0 Å². The second-order valence-corrected chi connectivity index (χ2v) is 15.1. The van der Waals surface area contributed by atoms with Crippen LogP contribution >= 0.6 is 0 Å². The van der Waals surface area contributed by atoms with Gasteiger partial charge in [0, 0.05) is 23.7 Å². The summed E-state index contributed by atoms with van der Waals surface area (Å²) in [6.45, 7) is 17.5. The van der Waals surface area contributed by atoms with Gasteiger partial charge in [0.1, 0.15) is 22.4 Å². The van der Waals surface area contributed by atoms with E-state index in [1.807, 2.05) is 27.7 Å². The first-order chi connectivity index (χ1) is 16.5. The molecular weight excluding hydrogens is 456 g/mol. The van der Waals surface area contributed by atoms with Gasteiger partial charge in [-0.05, 0) is 90.9 Å². The normalized spacial score (nSPS) is 58.8. The van der Waals surface area contributed by atoms with E-state index in [1.165, 1.54) is 0 Å². The summed E-state index contributed by atoms with van der Waals surface area (Å²) < 4.78 is 27.0. The van der Waals surface area contributed by atoms with E-state index in [9.17, 15) is 10.2 Å². The molecule has 5 aliphatic heterocycles. The van der Waals surface area contributed by atoms with Crippen LogP contribution in [-0.2, 0) is 18.9 Å². The quantitative estimate of drug-likeness (QED) is 0.529. The molecule has 4 bridgehead atoms. The smallest absolute Gasteiger partial charge is 0.195 e. The largest absolute Gasteiger partial charge is 0.364 e. The molecule has 0 amide bonds. The van der Waals surface area contributed by atoms with Crippen molar-refractivity contribution >= 4 is 0 Å². The lowest BCUT2D eigenvalue weighted by atomic mass is 9.48.